The Kier molecular flexibility index (Phi) is 5.23. The van der Waals surface area contributed by atoms with Gasteiger partial charge in [0.1, 0.15) is 12.4 Å². The van der Waals surface area contributed by atoms with Gasteiger partial charge in [-0.2, -0.15) is 0 Å². The van der Waals surface area contributed by atoms with Crippen LogP contribution in [-0.2, 0) is 4.79 Å². The van der Waals surface area contributed by atoms with Crippen LogP contribution < -0.4 is 15.4 Å². The van der Waals surface area contributed by atoms with Crippen LogP contribution in [-0.4, -0.2) is 26.1 Å². The van der Waals surface area contributed by atoms with E-state index in [9.17, 15) is 4.79 Å². The number of anilines is 1. The average Bonchev–Trinajstić information content (AvgIpc) is 2.28. The van der Waals surface area contributed by atoms with E-state index in [0.29, 0.717) is 18.0 Å². The Hall–Kier alpha value is -1.81. The summed E-state index contributed by atoms with van der Waals surface area (Å²) in [5.74, 6) is 0.554. The first-order valence-corrected chi connectivity index (χ1v) is 5.44. The third-order valence-corrected chi connectivity index (χ3v) is 1.97. The van der Waals surface area contributed by atoms with E-state index < -0.39 is 0 Å². The van der Waals surface area contributed by atoms with Crippen molar-refractivity contribution in [1.82, 2.24) is 5.32 Å². The van der Waals surface area contributed by atoms with E-state index in [2.05, 4.69) is 17.2 Å². The molecular formula is C13H18N2O2. The third kappa shape index (κ3) is 4.70. The first kappa shape index (κ1) is 13.3. The highest BCUT2D eigenvalue weighted by molar-refractivity contribution is 5.93. The van der Waals surface area contributed by atoms with Crippen LogP contribution >= 0.6 is 0 Å². The zero-order valence-electron chi connectivity index (χ0n) is 10.2. The molecule has 1 rings (SSSR count). The minimum atomic E-state index is -0.0983. The smallest absolute Gasteiger partial charge is 0.238 e. The molecule has 0 atom stereocenters. The summed E-state index contributed by atoms with van der Waals surface area (Å²) in [6, 6.07) is 7.34. The van der Waals surface area contributed by atoms with Crippen molar-refractivity contribution in [2.75, 3.05) is 25.5 Å². The summed E-state index contributed by atoms with van der Waals surface area (Å²) >= 11 is 0. The lowest BCUT2D eigenvalue weighted by atomic mass is 10.3. The molecule has 1 aromatic carbocycles. The largest absolute Gasteiger partial charge is 0.487 e. The van der Waals surface area contributed by atoms with E-state index >= 15 is 0 Å². The molecule has 0 aliphatic carbocycles. The molecular weight excluding hydrogens is 216 g/mol. The summed E-state index contributed by atoms with van der Waals surface area (Å²) in [5.41, 5.74) is 1.61. The molecule has 4 nitrogen and oxygen atoms in total. The number of amides is 1. The summed E-state index contributed by atoms with van der Waals surface area (Å²) in [7, 11) is 1.73. The first-order valence-electron chi connectivity index (χ1n) is 5.44. The summed E-state index contributed by atoms with van der Waals surface area (Å²) in [6.07, 6.45) is 0. The van der Waals surface area contributed by atoms with Gasteiger partial charge in [-0.15, -0.1) is 0 Å². The Balaban J connectivity index is 2.70. The van der Waals surface area contributed by atoms with Crippen molar-refractivity contribution in [3.8, 4) is 5.75 Å². The monoisotopic (exact) mass is 234 g/mol. The van der Waals surface area contributed by atoms with Crippen LogP contribution in [0.1, 0.15) is 6.92 Å². The van der Waals surface area contributed by atoms with Gasteiger partial charge >= 0.3 is 0 Å². The van der Waals surface area contributed by atoms with Gasteiger partial charge in [-0.25, -0.2) is 0 Å². The van der Waals surface area contributed by atoms with Crippen LogP contribution in [0.5, 0.6) is 5.75 Å². The summed E-state index contributed by atoms with van der Waals surface area (Å²) < 4.78 is 5.54. The van der Waals surface area contributed by atoms with Crippen molar-refractivity contribution in [1.29, 1.82) is 0 Å². The third-order valence-electron chi connectivity index (χ3n) is 1.97. The van der Waals surface area contributed by atoms with E-state index in [1.807, 2.05) is 25.1 Å². The Bertz CT molecular complexity index is 402. The van der Waals surface area contributed by atoms with Crippen LogP contribution in [0.25, 0.3) is 0 Å². The van der Waals surface area contributed by atoms with Gasteiger partial charge in [0.25, 0.3) is 0 Å². The van der Waals surface area contributed by atoms with Gasteiger partial charge in [0.2, 0.25) is 5.91 Å². The standard InChI is InChI=1S/C13H18N2O2/c1-10(2)9-17-12-7-5-4-6-11(12)15-13(16)8-14-3/h4-7,14H,1,8-9H2,2-3H3,(H,15,16). The molecule has 0 saturated carbocycles. The predicted octanol–water partition coefficient (Wildman–Crippen LogP) is 1.80. The fraction of sp³-hybridized carbons (Fsp3) is 0.308. The van der Waals surface area contributed by atoms with Crippen LogP contribution in [0.3, 0.4) is 0 Å². The molecule has 0 saturated heterocycles. The van der Waals surface area contributed by atoms with Crippen molar-refractivity contribution in [2.24, 2.45) is 0 Å². The van der Waals surface area contributed by atoms with Crippen LogP contribution in [0, 0.1) is 0 Å². The van der Waals surface area contributed by atoms with Crippen molar-refractivity contribution >= 4 is 11.6 Å². The highest BCUT2D eigenvalue weighted by Crippen LogP contribution is 2.23. The van der Waals surface area contributed by atoms with Gasteiger partial charge in [-0.1, -0.05) is 18.7 Å². The molecule has 1 amide bonds. The minimum absolute atomic E-state index is 0.0983. The van der Waals surface area contributed by atoms with E-state index in [0.717, 1.165) is 5.57 Å². The van der Waals surface area contributed by atoms with Crippen molar-refractivity contribution < 1.29 is 9.53 Å². The molecule has 0 unspecified atom stereocenters. The number of carbonyl (C=O) groups excluding carboxylic acids is 1. The number of likely N-dealkylation sites (N-methyl/N-ethyl adjacent to an activating group) is 1. The van der Waals surface area contributed by atoms with Crippen molar-refractivity contribution in [3.63, 3.8) is 0 Å². The number of hydrogen-bond donors (Lipinski definition) is 2. The molecule has 0 heterocycles. The second-order valence-corrected chi connectivity index (χ2v) is 3.82. The summed E-state index contributed by atoms with van der Waals surface area (Å²) in [5, 5.41) is 5.57. The molecule has 1 aromatic rings. The molecule has 0 fully saturated rings. The molecule has 17 heavy (non-hydrogen) atoms. The minimum Gasteiger partial charge on any atom is -0.487 e. The molecule has 2 N–H and O–H groups in total. The molecule has 92 valence electrons. The van der Waals surface area contributed by atoms with E-state index in [-0.39, 0.29) is 12.5 Å². The first-order chi connectivity index (χ1) is 8.13. The second-order valence-electron chi connectivity index (χ2n) is 3.82. The maximum atomic E-state index is 11.5. The van der Waals surface area contributed by atoms with Crippen LogP contribution in [0.15, 0.2) is 36.4 Å². The lowest BCUT2D eigenvalue weighted by Gasteiger charge is -2.12. The molecule has 0 aromatic heterocycles. The lowest BCUT2D eigenvalue weighted by molar-refractivity contribution is -0.115. The normalized spacial score (nSPS) is 9.76. The molecule has 0 bridgehead atoms. The van der Waals surface area contributed by atoms with E-state index in [1.54, 1.807) is 13.1 Å². The number of ether oxygens (including phenoxy) is 1. The number of nitrogens with one attached hydrogen (secondary N) is 2. The fourth-order valence-electron chi connectivity index (χ4n) is 1.25. The number of carbonyl (C=O) groups is 1. The quantitative estimate of drug-likeness (QED) is 0.738. The van der Waals surface area contributed by atoms with Gasteiger partial charge in [0.05, 0.1) is 12.2 Å². The lowest BCUT2D eigenvalue weighted by Crippen LogP contribution is -2.25. The van der Waals surface area contributed by atoms with Gasteiger partial charge in [0, 0.05) is 0 Å². The van der Waals surface area contributed by atoms with Crippen LogP contribution in [0.4, 0.5) is 5.69 Å². The fourth-order valence-corrected chi connectivity index (χ4v) is 1.25. The van der Waals surface area contributed by atoms with Crippen molar-refractivity contribution in [2.45, 2.75) is 6.92 Å². The van der Waals surface area contributed by atoms with Crippen molar-refractivity contribution in [3.05, 3.63) is 36.4 Å². The SMILES string of the molecule is C=C(C)COc1ccccc1NC(=O)CNC. The van der Waals surface area contributed by atoms with Crippen LogP contribution in [0.2, 0.25) is 0 Å². The number of hydrogen-bond acceptors (Lipinski definition) is 3. The predicted molar refractivity (Wildman–Crippen MR) is 69.3 cm³/mol. The Morgan fingerprint density at radius 2 is 2.12 bits per heavy atom. The average molecular weight is 234 g/mol. The zero-order chi connectivity index (χ0) is 12.7. The van der Waals surface area contributed by atoms with E-state index in [4.69, 9.17) is 4.74 Å². The van der Waals surface area contributed by atoms with E-state index in [1.165, 1.54) is 0 Å². The Morgan fingerprint density at radius 1 is 1.41 bits per heavy atom. The van der Waals surface area contributed by atoms with Gasteiger partial charge in [0.15, 0.2) is 0 Å². The summed E-state index contributed by atoms with van der Waals surface area (Å²) in [4.78, 5) is 11.5. The highest BCUT2D eigenvalue weighted by atomic mass is 16.5. The maximum absolute atomic E-state index is 11.5. The molecule has 0 radical (unpaired) electrons. The van der Waals surface area contributed by atoms with Gasteiger partial charge in [-0.05, 0) is 31.7 Å². The topological polar surface area (TPSA) is 50.4 Å². The number of rotatable bonds is 6. The maximum Gasteiger partial charge on any atom is 0.238 e. The number of benzene rings is 1. The second kappa shape index (κ2) is 6.70. The Labute approximate surface area is 102 Å². The number of para-hydroxylation sites is 2. The molecule has 4 heteroatoms. The highest BCUT2D eigenvalue weighted by Gasteiger charge is 2.06. The molecule has 0 aliphatic heterocycles. The van der Waals surface area contributed by atoms with Gasteiger partial charge in [-0.3, -0.25) is 4.79 Å². The molecule has 0 spiro atoms. The zero-order valence-corrected chi connectivity index (χ0v) is 10.2. The Morgan fingerprint density at radius 3 is 2.76 bits per heavy atom. The summed E-state index contributed by atoms with van der Waals surface area (Å²) in [6.45, 7) is 6.37. The molecule has 0 aliphatic rings. The van der Waals surface area contributed by atoms with Gasteiger partial charge < -0.3 is 15.4 Å².